The van der Waals surface area contributed by atoms with Gasteiger partial charge in [0.1, 0.15) is 5.76 Å². The second kappa shape index (κ2) is 8.82. The van der Waals surface area contributed by atoms with Gasteiger partial charge in [0.15, 0.2) is 5.76 Å². The van der Waals surface area contributed by atoms with Crippen LogP contribution in [0.25, 0.3) is 11.7 Å². The largest absolute Gasteiger partial charge is 0.459 e. The number of rotatable bonds is 5. The second-order valence-corrected chi connectivity index (χ2v) is 4.77. The van der Waals surface area contributed by atoms with E-state index in [9.17, 15) is 4.79 Å². The molecule has 0 fully saturated rings. The van der Waals surface area contributed by atoms with Gasteiger partial charge in [-0.3, -0.25) is 4.79 Å². The summed E-state index contributed by atoms with van der Waals surface area (Å²) >= 11 is 0. The van der Waals surface area contributed by atoms with Crippen molar-refractivity contribution < 1.29 is 13.6 Å². The van der Waals surface area contributed by atoms with Gasteiger partial charge < -0.3 is 19.5 Å². The highest BCUT2D eigenvalue weighted by Gasteiger charge is 2.20. The Morgan fingerprint density at radius 3 is 2.68 bits per heavy atom. The minimum atomic E-state index is -0.0367. The van der Waals surface area contributed by atoms with E-state index in [-0.39, 0.29) is 43.2 Å². The Balaban J connectivity index is 0.00000220. The third kappa shape index (κ3) is 4.50. The molecule has 8 heteroatoms. The van der Waals surface area contributed by atoms with Crippen LogP contribution in [0, 0.1) is 6.92 Å². The van der Waals surface area contributed by atoms with Gasteiger partial charge in [-0.05, 0) is 26.0 Å². The molecule has 2 N–H and O–H groups in total. The van der Waals surface area contributed by atoms with Gasteiger partial charge in [-0.1, -0.05) is 0 Å². The van der Waals surface area contributed by atoms with E-state index >= 15 is 0 Å². The summed E-state index contributed by atoms with van der Waals surface area (Å²) in [6.07, 6.45) is 1.74. The van der Waals surface area contributed by atoms with E-state index in [2.05, 4.69) is 4.98 Å². The lowest BCUT2D eigenvalue weighted by Gasteiger charge is -2.23. The summed E-state index contributed by atoms with van der Waals surface area (Å²) in [5, 5.41) is 0. The first-order valence-electron chi connectivity index (χ1n) is 6.48. The first-order chi connectivity index (χ1) is 9.52. The highest BCUT2D eigenvalue weighted by atomic mass is 35.5. The molecule has 2 aromatic heterocycles. The topological polar surface area (TPSA) is 85.5 Å². The third-order valence-corrected chi connectivity index (χ3v) is 3.34. The van der Waals surface area contributed by atoms with Crippen LogP contribution in [-0.4, -0.2) is 35.4 Å². The van der Waals surface area contributed by atoms with E-state index in [1.165, 1.54) is 0 Å². The van der Waals surface area contributed by atoms with Gasteiger partial charge in [0.05, 0.1) is 18.4 Å². The lowest BCUT2D eigenvalue weighted by molar-refractivity contribution is -0.130. The number of aromatic nitrogens is 1. The number of nitrogens with two attached hydrogens (primary N) is 1. The number of likely N-dealkylation sites (N-methyl/N-ethyl adjacent to an activating group) is 1. The van der Waals surface area contributed by atoms with Crippen LogP contribution in [0.15, 0.2) is 27.2 Å². The van der Waals surface area contributed by atoms with Crippen molar-refractivity contribution in [3.05, 3.63) is 29.9 Å². The molecule has 0 aliphatic rings. The van der Waals surface area contributed by atoms with E-state index in [1.807, 2.05) is 6.92 Å². The number of hydrogen-bond donors (Lipinski definition) is 1. The van der Waals surface area contributed by atoms with Crippen LogP contribution >= 0.6 is 24.8 Å². The van der Waals surface area contributed by atoms with Crippen LogP contribution in [-0.2, 0) is 11.2 Å². The zero-order valence-electron chi connectivity index (χ0n) is 12.7. The van der Waals surface area contributed by atoms with E-state index in [0.29, 0.717) is 29.6 Å². The fraction of sp³-hybridized carbons (Fsp3) is 0.429. The van der Waals surface area contributed by atoms with E-state index < -0.39 is 0 Å². The summed E-state index contributed by atoms with van der Waals surface area (Å²) in [6.45, 7) is 4.12. The summed E-state index contributed by atoms with van der Waals surface area (Å²) in [5.74, 6) is 1.53. The Labute approximate surface area is 141 Å². The number of aryl methyl sites for hydroxylation is 1. The molecule has 0 spiro atoms. The predicted octanol–water partition coefficient (Wildman–Crippen LogP) is 2.43. The van der Waals surface area contributed by atoms with Gasteiger partial charge in [0.25, 0.3) is 5.89 Å². The molecule has 0 aliphatic carbocycles. The van der Waals surface area contributed by atoms with Crippen LogP contribution in [0.2, 0.25) is 0 Å². The molecule has 2 rings (SSSR count). The zero-order valence-corrected chi connectivity index (χ0v) is 14.4. The van der Waals surface area contributed by atoms with Crippen LogP contribution in [0.4, 0.5) is 0 Å². The Bertz CT molecular complexity index is 584. The molecular formula is C14H21Cl2N3O3. The van der Waals surface area contributed by atoms with Crippen molar-refractivity contribution >= 4 is 30.7 Å². The number of carbonyl (C=O) groups excluding carboxylic acids is 1. The molecule has 0 saturated carbocycles. The van der Waals surface area contributed by atoms with Crippen molar-refractivity contribution in [2.45, 2.75) is 26.3 Å². The fourth-order valence-corrected chi connectivity index (χ4v) is 1.77. The first-order valence-corrected chi connectivity index (χ1v) is 6.48. The molecule has 1 amide bonds. The van der Waals surface area contributed by atoms with Crippen molar-refractivity contribution in [1.82, 2.24) is 9.88 Å². The molecule has 124 valence electrons. The van der Waals surface area contributed by atoms with Crippen LogP contribution in [0.1, 0.15) is 18.4 Å². The van der Waals surface area contributed by atoms with E-state index in [1.54, 1.807) is 37.3 Å². The molecule has 22 heavy (non-hydrogen) atoms. The average Bonchev–Trinajstić information content (AvgIpc) is 3.07. The fourth-order valence-electron chi connectivity index (χ4n) is 1.77. The van der Waals surface area contributed by atoms with Crippen molar-refractivity contribution in [1.29, 1.82) is 0 Å². The Kier molecular flexibility index (Phi) is 8.22. The van der Waals surface area contributed by atoms with Crippen molar-refractivity contribution in [3.8, 4) is 11.7 Å². The van der Waals surface area contributed by atoms with Gasteiger partial charge in [-0.25, -0.2) is 4.98 Å². The van der Waals surface area contributed by atoms with E-state index in [4.69, 9.17) is 14.6 Å². The second-order valence-electron chi connectivity index (χ2n) is 4.77. The maximum absolute atomic E-state index is 12.1. The minimum Gasteiger partial charge on any atom is -0.459 e. The molecule has 0 bridgehead atoms. The van der Waals surface area contributed by atoms with Gasteiger partial charge in [0, 0.05) is 19.6 Å². The van der Waals surface area contributed by atoms with Crippen LogP contribution < -0.4 is 5.73 Å². The molecule has 0 saturated heterocycles. The summed E-state index contributed by atoms with van der Waals surface area (Å²) in [7, 11) is 1.74. The van der Waals surface area contributed by atoms with Gasteiger partial charge in [0.2, 0.25) is 5.91 Å². The summed E-state index contributed by atoms with van der Waals surface area (Å²) in [6, 6.07) is 3.52. The number of furan rings is 1. The molecule has 1 atom stereocenters. The SMILES string of the molecule is Cc1oc(-c2ccco2)nc1CC(=O)N(C)C(C)CN.Cl.Cl. The number of oxazole rings is 1. The number of nitrogens with zero attached hydrogens (tertiary/aromatic N) is 2. The molecule has 2 heterocycles. The minimum absolute atomic E-state index is 0. The lowest BCUT2D eigenvalue weighted by Crippen LogP contribution is -2.40. The smallest absolute Gasteiger partial charge is 0.263 e. The zero-order chi connectivity index (χ0) is 14.7. The van der Waals surface area contributed by atoms with Gasteiger partial charge in [-0.2, -0.15) is 0 Å². The predicted molar refractivity (Wildman–Crippen MR) is 88.4 cm³/mol. The van der Waals surface area contributed by atoms with Crippen molar-refractivity contribution in [2.75, 3.05) is 13.6 Å². The molecular weight excluding hydrogens is 329 g/mol. The summed E-state index contributed by atoms with van der Waals surface area (Å²) in [5.41, 5.74) is 6.18. The Hall–Kier alpha value is -1.50. The quantitative estimate of drug-likeness (QED) is 0.895. The molecule has 0 aliphatic heterocycles. The average molecular weight is 350 g/mol. The molecule has 6 nitrogen and oxygen atoms in total. The molecule has 0 radical (unpaired) electrons. The van der Waals surface area contributed by atoms with Crippen LogP contribution in [0.3, 0.4) is 0 Å². The Morgan fingerprint density at radius 2 is 2.14 bits per heavy atom. The lowest BCUT2D eigenvalue weighted by atomic mass is 10.2. The van der Waals surface area contributed by atoms with Crippen molar-refractivity contribution in [3.63, 3.8) is 0 Å². The maximum atomic E-state index is 12.1. The number of carbonyl (C=O) groups is 1. The highest BCUT2D eigenvalue weighted by molar-refractivity contribution is 5.85. The van der Waals surface area contributed by atoms with Gasteiger partial charge in [-0.15, -0.1) is 24.8 Å². The summed E-state index contributed by atoms with van der Waals surface area (Å²) in [4.78, 5) is 18.1. The molecule has 0 aromatic carbocycles. The van der Waals surface area contributed by atoms with Crippen molar-refractivity contribution in [2.24, 2.45) is 5.73 Å². The molecule has 1 unspecified atom stereocenters. The molecule has 2 aromatic rings. The number of amides is 1. The van der Waals surface area contributed by atoms with Crippen LogP contribution in [0.5, 0.6) is 0 Å². The monoisotopic (exact) mass is 349 g/mol. The number of hydrogen-bond acceptors (Lipinski definition) is 5. The highest BCUT2D eigenvalue weighted by Crippen LogP contribution is 2.22. The normalized spacial score (nSPS) is 11.3. The van der Waals surface area contributed by atoms with E-state index in [0.717, 1.165) is 0 Å². The standard InChI is InChI=1S/C14H19N3O3.2ClH/c1-9(8-15)17(3)13(18)7-11-10(2)20-14(16-11)12-5-4-6-19-12;;/h4-6,9H,7-8,15H2,1-3H3;2*1H. The van der Waals surface area contributed by atoms with Gasteiger partial charge >= 0.3 is 0 Å². The Morgan fingerprint density at radius 1 is 1.45 bits per heavy atom. The summed E-state index contributed by atoms with van der Waals surface area (Å²) < 4.78 is 10.8. The number of halogens is 2. The first kappa shape index (κ1) is 20.5. The maximum Gasteiger partial charge on any atom is 0.263 e. The third-order valence-electron chi connectivity index (χ3n) is 3.34.